The van der Waals surface area contributed by atoms with Gasteiger partial charge in [0.15, 0.2) is 11.5 Å². The van der Waals surface area contributed by atoms with Crippen LogP contribution in [0.15, 0.2) is 79.0 Å². The minimum absolute atomic E-state index is 0.125. The van der Waals surface area contributed by atoms with Crippen molar-refractivity contribution in [3.05, 3.63) is 90.1 Å². The van der Waals surface area contributed by atoms with Crippen LogP contribution in [0.3, 0.4) is 0 Å². The van der Waals surface area contributed by atoms with Gasteiger partial charge in [-0.05, 0) is 84.4 Å². The molecule has 0 saturated carbocycles. The van der Waals surface area contributed by atoms with E-state index in [1.54, 1.807) is 32.5 Å². The van der Waals surface area contributed by atoms with E-state index in [9.17, 15) is 9.59 Å². The molecule has 0 unspecified atom stereocenters. The predicted molar refractivity (Wildman–Crippen MR) is 179 cm³/mol. The Balaban J connectivity index is 1.41. The zero-order chi connectivity index (χ0) is 32.3. The highest BCUT2D eigenvalue weighted by molar-refractivity contribution is 6.13. The summed E-state index contributed by atoms with van der Waals surface area (Å²) in [5, 5.41) is 8.43. The molecule has 232 valence electrons. The van der Waals surface area contributed by atoms with Gasteiger partial charge in [0.1, 0.15) is 11.5 Å². The maximum absolute atomic E-state index is 13.6. The molecule has 0 spiro atoms. The molecule has 1 aromatic heterocycles. The second-order valence-corrected chi connectivity index (χ2v) is 12.1. The quantitative estimate of drug-likeness (QED) is 0.182. The van der Waals surface area contributed by atoms with Gasteiger partial charge in [0.2, 0.25) is 5.91 Å². The van der Waals surface area contributed by atoms with Crippen molar-refractivity contribution in [3.63, 3.8) is 0 Å². The third-order valence-electron chi connectivity index (χ3n) is 7.35. The molecule has 9 heteroatoms. The highest BCUT2D eigenvalue weighted by Gasteiger charge is 2.21. The molecule has 45 heavy (non-hydrogen) atoms. The lowest BCUT2D eigenvalue weighted by Crippen LogP contribution is -2.28. The lowest BCUT2D eigenvalue weighted by molar-refractivity contribution is -0.116. The van der Waals surface area contributed by atoms with Crippen molar-refractivity contribution in [1.29, 1.82) is 0 Å². The van der Waals surface area contributed by atoms with E-state index in [1.807, 2.05) is 79.7 Å². The molecule has 0 radical (unpaired) electrons. The van der Waals surface area contributed by atoms with Crippen LogP contribution in [-0.4, -0.2) is 56.6 Å². The third-order valence-corrected chi connectivity index (χ3v) is 7.35. The van der Waals surface area contributed by atoms with Crippen molar-refractivity contribution in [3.8, 4) is 23.0 Å². The summed E-state index contributed by atoms with van der Waals surface area (Å²) in [6, 6.07) is 22.2. The second-order valence-electron chi connectivity index (χ2n) is 12.1. The summed E-state index contributed by atoms with van der Waals surface area (Å²) in [6.45, 7) is 6.51. The zero-order valence-corrected chi connectivity index (χ0v) is 26.6. The fourth-order valence-electron chi connectivity index (χ4n) is 5.24. The van der Waals surface area contributed by atoms with Crippen molar-refractivity contribution in [2.24, 2.45) is 0 Å². The number of amides is 2. The van der Waals surface area contributed by atoms with Gasteiger partial charge in [-0.25, -0.2) is 0 Å². The van der Waals surface area contributed by atoms with Gasteiger partial charge < -0.3 is 29.7 Å². The Morgan fingerprint density at radius 3 is 2.29 bits per heavy atom. The molecule has 2 amide bonds. The minimum Gasteiger partial charge on any atom is -0.493 e. The number of rotatable bonds is 9. The molecule has 0 fully saturated rings. The summed E-state index contributed by atoms with van der Waals surface area (Å²) in [6.07, 6.45) is 1.68. The SMILES string of the molecule is COc1cc2nccc(Oc3ccc4c(C(=O)Nc5ccc(C(C)(C)C)c(NC(=O)CN(C)C)c5)cccc4c3)c2cc1OC. The van der Waals surface area contributed by atoms with Gasteiger partial charge in [0, 0.05) is 34.6 Å². The lowest BCUT2D eigenvalue weighted by Gasteiger charge is -2.24. The van der Waals surface area contributed by atoms with Crippen LogP contribution >= 0.6 is 0 Å². The number of ether oxygens (including phenoxy) is 3. The van der Waals surface area contributed by atoms with Gasteiger partial charge >= 0.3 is 0 Å². The number of benzene rings is 4. The van der Waals surface area contributed by atoms with Crippen molar-refractivity contribution in [2.75, 3.05) is 45.5 Å². The van der Waals surface area contributed by atoms with Gasteiger partial charge in [0.25, 0.3) is 5.91 Å². The number of nitrogens with one attached hydrogen (secondary N) is 2. The summed E-state index contributed by atoms with van der Waals surface area (Å²) >= 11 is 0. The number of hydrogen-bond acceptors (Lipinski definition) is 7. The van der Waals surface area contributed by atoms with E-state index >= 15 is 0 Å². The largest absolute Gasteiger partial charge is 0.493 e. The summed E-state index contributed by atoms with van der Waals surface area (Å²) in [4.78, 5) is 32.4. The van der Waals surface area contributed by atoms with E-state index in [4.69, 9.17) is 14.2 Å². The summed E-state index contributed by atoms with van der Waals surface area (Å²) in [7, 11) is 6.86. The number of anilines is 2. The van der Waals surface area contributed by atoms with Crippen molar-refractivity contribution in [2.45, 2.75) is 26.2 Å². The van der Waals surface area contributed by atoms with E-state index in [-0.39, 0.29) is 23.8 Å². The number of fused-ring (bicyclic) bond motifs is 2. The van der Waals surface area contributed by atoms with Crippen molar-refractivity contribution >= 4 is 44.9 Å². The number of aromatic nitrogens is 1. The molecule has 4 aromatic carbocycles. The third kappa shape index (κ3) is 6.99. The topological polar surface area (TPSA) is 102 Å². The lowest BCUT2D eigenvalue weighted by atomic mass is 9.85. The van der Waals surface area contributed by atoms with Gasteiger partial charge in [-0.3, -0.25) is 14.6 Å². The van der Waals surface area contributed by atoms with Crippen LogP contribution in [-0.2, 0) is 10.2 Å². The number of likely N-dealkylation sites (N-methyl/N-ethyl adjacent to an activating group) is 1. The van der Waals surface area contributed by atoms with Crippen LogP contribution in [0.4, 0.5) is 11.4 Å². The minimum atomic E-state index is -0.260. The van der Waals surface area contributed by atoms with Crippen LogP contribution in [0, 0.1) is 0 Å². The maximum Gasteiger partial charge on any atom is 0.256 e. The molecule has 0 aliphatic heterocycles. The predicted octanol–water partition coefficient (Wildman–Crippen LogP) is 7.25. The van der Waals surface area contributed by atoms with Gasteiger partial charge in [0.05, 0.1) is 26.3 Å². The Labute approximate surface area is 263 Å². The van der Waals surface area contributed by atoms with E-state index < -0.39 is 0 Å². The van der Waals surface area contributed by atoms with Gasteiger partial charge in [-0.2, -0.15) is 0 Å². The van der Waals surface area contributed by atoms with Crippen LogP contribution in [0.25, 0.3) is 21.7 Å². The van der Waals surface area contributed by atoms with Crippen LogP contribution in [0.1, 0.15) is 36.7 Å². The van der Waals surface area contributed by atoms with Crippen LogP contribution in [0.5, 0.6) is 23.0 Å². The van der Waals surface area contributed by atoms with Crippen molar-refractivity contribution in [1.82, 2.24) is 9.88 Å². The van der Waals surface area contributed by atoms with E-state index in [0.29, 0.717) is 45.5 Å². The molecule has 0 atom stereocenters. The van der Waals surface area contributed by atoms with Crippen LogP contribution in [0.2, 0.25) is 0 Å². The fraction of sp³-hybridized carbons (Fsp3) is 0.250. The number of methoxy groups -OCH3 is 2. The first kappa shape index (κ1) is 31.3. The number of pyridine rings is 1. The first-order chi connectivity index (χ1) is 21.5. The fourth-order valence-corrected chi connectivity index (χ4v) is 5.24. The molecule has 1 heterocycles. The normalized spacial score (nSPS) is 11.5. The highest BCUT2D eigenvalue weighted by Crippen LogP contribution is 2.38. The molecular formula is C36H38N4O5. The Morgan fingerprint density at radius 2 is 1.58 bits per heavy atom. The van der Waals surface area contributed by atoms with E-state index in [2.05, 4.69) is 36.4 Å². The number of carbonyl (C=O) groups excluding carboxylic acids is 2. The standard InChI is InChI=1S/C36H38N4O5/c1-36(2,3)28-14-11-23(18-30(28)39-34(41)21-40(4)5)38-35(42)26-10-8-9-22-17-24(12-13-25(22)26)45-31-15-16-37-29-20-33(44-7)32(43-6)19-27(29)31/h8-20H,21H2,1-7H3,(H,38,42)(H,39,41). The Morgan fingerprint density at radius 1 is 0.822 bits per heavy atom. The molecule has 0 saturated heterocycles. The molecule has 5 rings (SSSR count). The molecule has 0 aliphatic carbocycles. The maximum atomic E-state index is 13.6. The van der Waals surface area contributed by atoms with E-state index in [0.717, 1.165) is 21.7 Å². The summed E-state index contributed by atoms with van der Waals surface area (Å²) in [5.74, 6) is 2.00. The molecule has 0 aliphatic rings. The first-order valence-electron chi connectivity index (χ1n) is 14.6. The number of hydrogen-bond donors (Lipinski definition) is 2. The number of nitrogens with zero attached hydrogens (tertiary/aromatic N) is 2. The van der Waals surface area contributed by atoms with Crippen molar-refractivity contribution < 1.29 is 23.8 Å². The molecule has 9 nitrogen and oxygen atoms in total. The second kappa shape index (κ2) is 12.8. The zero-order valence-electron chi connectivity index (χ0n) is 26.6. The first-order valence-corrected chi connectivity index (χ1v) is 14.6. The molecule has 0 bridgehead atoms. The Kier molecular flexibility index (Phi) is 8.92. The highest BCUT2D eigenvalue weighted by atomic mass is 16.5. The molecule has 5 aromatic rings. The average Bonchev–Trinajstić information content (AvgIpc) is 2.99. The smallest absolute Gasteiger partial charge is 0.256 e. The Hall–Kier alpha value is -5.15. The van der Waals surface area contributed by atoms with Gasteiger partial charge in [-0.15, -0.1) is 0 Å². The Bertz CT molecular complexity index is 1900. The van der Waals surface area contributed by atoms with Crippen LogP contribution < -0.4 is 24.8 Å². The number of carbonyl (C=O) groups is 2. The average molecular weight is 607 g/mol. The summed E-state index contributed by atoms with van der Waals surface area (Å²) in [5.41, 5.74) is 3.25. The summed E-state index contributed by atoms with van der Waals surface area (Å²) < 4.78 is 17.2. The van der Waals surface area contributed by atoms with Gasteiger partial charge in [-0.1, -0.05) is 39.0 Å². The molecular weight excluding hydrogens is 568 g/mol. The van der Waals surface area contributed by atoms with E-state index in [1.165, 1.54) is 0 Å². The molecule has 2 N–H and O–H groups in total. The monoisotopic (exact) mass is 606 g/mol.